The van der Waals surface area contributed by atoms with Gasteiger partial charge in [0.25, 0.3) is 0 Å². The molecule has 5 rings (SSSR count). The number of likely N-dealkylation sites (tertiary alicyclic amines) is 1. The highest BCUT2D eigenvalue weighted by Crippen LogP contribution is 2.35. The fourth-order valence-electron chi connectivity index (χ4n) is 5.51. The highest BCUT2D eigenvalue weighted by atomic mass is 16.6. The van der Waals surface area contributed by atoms with Crippen molar-refractivity contribution >= 4 is 11.6 Å². The van der Waals surface area contributed by atoms with Crippen molar-refractivity contribution in [3.63, 3.8) is 0 Å². The van der Waals surface area contributed by atoms with Crippen molar-refractivity contribution < 1.29 is 19.0 Å². The Balaban J connectivity index is 1.17. The second kappa shape index (κ2) is 12.2. The summed E-state index contributed by atoms with van der Waals surface area (Å²) in [5.41, 5.74) is 5.10. The molecule has 1 aromatic carbocycles. The lowest BCUT2D eigenvalue weighted by Crippen LogP contribution is -2.39. The summed E-state index contributed by atoms with van der Waals surface area (Å²) in [6.07, 6.45) is 9.68. The molecule has 8 nitrogen and oxygen atoms in total. The van der Waals surface area contributed by atoms with E-state index in [1.165, 1.54) is 5.57 Å². The quantitative estimate of drug-likeness (QED) is 0.497. The largest absolute Gasteiger partial charge is 0.492 e. The molecular formula is C29H40N4O4. The van der Waals surface area contributed by atoms with E-state index < -0.39 is 0 Å². The van der Waals surface area contributed by atoms with Gasteiger partial charge in [0.2, 0.25) is 5.91 Å². The number of carbonyl (C=O) groups excluding carboxylic acids is 1. The summed E-state index contributed by atoms with van der Waals surface area (Å²) in [5.74, 6) is 1.65. The van der Waals surface area contributed by atoms with E-state index in [0.29, 0.717) is 25.6 Å². The lowest BCUT2D eigenvalue weighted by atomic mass is 9.91. The Morgan fingerprint density at radius 3 is 2.73 bits per heavy atom. The van der Waals surface area contributed by atoms with Crippen LogP contribution in [0.15, 0.2) is 59.1 Å². The first-order valence-electron chi connectivity index (χ1n) is 13.6. The maximum atomic E-state index is 12.5. The van der Waals surface area contributed by atoms with Crippen molar-refractivity contribution in [2.45, 2.75) is 50.9 Å². The van der Waals surface area contributed by atoms with Crippen molar-refractivity contribution in [3.8, 4) is 0 Å². The van der Waals surface area contributed by atoms with Crippen molar-refractivity contribution in [3.05, 3.63) is 64.7 Å². The first-order chi connectivity index (χ1) is 18.1. The third-order valence-electron chi connectivity index (χ3n) is 7.74. The average molecular weight is 509 g/mol. The maximum absolute atomic E-state index is 12.5. The van der Waals surface area contributed by atoms with Crippen LogP contribution in [0.5, 0.6) is 0 Å². The molecule has 1 amide bonds. The number of ether oxygens (including phenoxy) is 3. The summed E-state index contributed by atoms with van der Waals surface area (Å²) in [4.78, 5) is 14.8. The van der Waals surface area contributed by atoms with Crippen LogP contribution >= 0.6 is 0 Å². The minimum Gasteiger partial charge on any atom is -0.492 e. The number of benzene rings is 1. The van der Waals surface area contributed by atoms with Gasteiger partial charge in [-0.2, -0.15) is 0 Å². The summed E-state index contributed by atoms with van der Waals surface area (Å²) in [6.45, 7) is 4.27. The van der Waals surface area contributed by atoms with Gasteiger partial charge in [0.1, 0.15) is 18.5 Å². The fourth-order valence-corrected chi connectivity index (χ4v) is 5.51. The number of piperidine rings is 1. The van der Waals surface area contributed by atoms with E-state index in [4.69, 9.17) is 14.2 Å². The predicted molar refractivity (Wildman–Crippen MR) is 144 cm³/mol. The molecule has 2 fully saturated rings. The Labute approximate surface area is 220 Å². The molecule has 8 heteroatoms. The van der Waals surface area contributed by atoms with E-state index in [2.05, 4.69) is 40.0 Å². The highest BCUT2D eigenvalue weighted by molar-refractivity contribution is 5.78. The summed E-state index contributed by atoms with van der Waals surface area (Å²) in [6, 6.07) is 8.03. The van der Waals surface area contributed by atoms with Crippen molar-refractivity contribution in [1.29, 1.82) is 0 Å². The summed E-state index contributed by atoms with van der Waals surface area (Å²) in [5, 5.41) is 10.1. The van der Waals surface area contributed by atoms with Crippen LogP contribution < -0.4 is 16.0 Å². The Hall–Kier alpha value is -2.81. The minimum atomic E-state index is -0.303. The summed E-state index contributed by atoms with van der Waals surface area (Å²) in [7, 11) is 3.86. The second-order valence-corrected chi connectivity index (χ2v) is 10.5. The molecule has 2 saturated heterocycles. The number of dihydropyridines is 1. The molecule has 0 saturated carbocycles. The first kappa shape index (κ1) is 25.8. The number of amides is 1. The number of hydrogen-bond donors (Lipinski definition) is 3. The number of anilines is 1. The van der Waals surface area contributed by atoms with Crippen LogP contribution in [0.2, 0.25) is 0 Å². The molecule has 4 aliphatic rings. The van der Waals surface area contributed by atoms with Crippen molar-refractivity contribution in [2.75, 3.05) is 52.3 Å². The molecule has 1 aromatic rings. The van der Waals surface area contributed by atoms with Crippen LogP contribution in [0.25, 0.3) is 0 Å². The molecular weight excluding hydrogens is 468 g/mol. The zero-order valence-electron chi connectivity index (χ0n) is 22.1. The smallest absolute Gasteiger partial charge is 0.224 e. The van der Waals surface area contributed by atoms with Crippen molar-refractivity contribution in [2.24, 2.45) is 5.92 Å². The average Bonchev–Trinajstić information content (AvgIpc) is 2.94. The number of carbonyl (C=O) groups is 1. The van der Waals surface area contributed by atoms with E-state index in [0.717, 1.165) is 80.1 Å². The van der Waals surface area contributed by atoms with Gasteiger partial charge in [0.05, 0.1) is 18.7 Å². The van der Waals surface area contributed by atoms with Crippen LogP contribution in [0.3, 0.4) is 0 Å². The van der Waals surface area contributed by atoms with Gasteiger partial charge in [-0.25, -0.2) is 0 Å². The monoisotopic (exact) mass is 508 g/mol. The summed E-state index contributed by atoms with van der Waals surface area (Å²) >= 11 is 0. The molecule has 0 radical (unpaired) electrons. The Bertz CT molecular complexity index is 1040. The normalized spacial score (nSPS) is 24.8. The second-order valence-electron chi connectivity index (χ2n) is 10.5. The van der Waals surface area contributed by atoms with Gasteiger partial charge in [-0.15, -0.1) is 0 Å². The van der Waals surface area contributed by atoms with E-state index in [1.807, 2.05) is 24.3 Å². The molecule has 3 aliphatic heterocycles. The molecule has 2 unspecified atom stereocenters. The van der Waals surface area contributed by atoms with Gasteiger partial charge >= 0.3 is 0 Å². The van der Waals surface area contributed by atoms with Crippen LogP contribution in [-0.2, 0) is 25.4 Å². The molecule has 1 aliphatic carbocycles. The standard InChI is InChI=1S/C29H40N4O4/c1-33-14-12-21(13-15-33)19-30-27(34)18-20-6-8-22(9-7-20)31-25-11-10-24(32-29(25)35-2)23-4-3-5-26-28(23)37-17-16-36-26/h6-11,21,26,29,31-32H,3-5,12-19H2,1-2H3,(H,30,34). The number of hydrogen-bond acceptors (Lipinski definition) is 7. The molecule has 0 aromatic heterocycles. The van der Waals surface area contributed by atoms with E-state index >= 15 is 0 Å². The molecule has 2 atom stereocenters. The lowest BCUT2D eigenvalue weighted by molar-refractivity contribution is -0.120. The number of fused-ring (bicyclic) bond motifs is 1. The van der Waals surface area contributed by atoms with Gasteiger partial charge in [0.15, 0.2) is 6.23 Å². The minimum absolute atomic E-state index is 0.0690. The van der Waals surface area contributed by atoms with Crippen LogP contribution in [0, 0.1) is 5.92 Å². The van der Waals surface area contributed by atoms with Crippen LogP contribution in [0.4, 0.5) is 5.69 Å². The molecule has 0 bridgehead atoms. The van der Waals surface area contributed by atoms with Gasteiger partial charge < -0.3 is 35.1 Å². The number of nitrogens with zero attached hydrogens (tertiary/aromatic N) is 1. The van der Waals surface area contributed by atoms with Gasteiger partial charge in [-0.3, -0.25) is 4.79 Å². The number of rotatable bonds is 8. The Morgan fingerprint density at radius 2 is 1.95 bits per heavy atom. The lowest BCUT2D eigenvalue weighted by Gasteiger charge is -2.35. The van der Waals surface area contributed by atoms with Gasteiger partial charge in [0, 0.05) is 30.6 Å². The van der Waals surface area contributed by atoms with E-state index in [1.54, 1.807) is 7.11 Å². The zero-order valence-corrected chi connectivity index (χ0v) is 22.1. The Kier molecular flexibility index (Phi) is 8.48. The number of nitrogens with one attached hydrogen (secondary N) is 3. The van der Waals surface area contributed by atoms with Gasteiger partial charge in [-0.05, 0) is 88.0 Å². The third kappa shape index (κ3) is 6.55. The fraction of sp³-hybridized carbons (Fsp3) is 0.552. The van der Waals surface area contributed by atoms with Crippen molar-refractivity contribution in [1.82, 2.24) is 15.5 Å². The number of allylic oxidation sites excluding steroid dienone is 3. The van der Waals surface area contributed by atoms with Gasteiger partial charge in [-0.1, -0.05) is 12.1 Å². The third-order valence-corrected chi connectivity index (χ3v) is 7.74. The zero-order chi connectivity index (χ0) is 25.6. The van der Waals surface area contributed by atoms with E-state index in [-0.39, 0.29) is 18.2 Å². The first-order valence-corrected chi connectivity index (χ1v) is 13.6. The van der Waals surface area contributed by atoms with E-state index in [9.17, 15) is 4.79 Å². The topological polar surface area (TPSA) is 84.1 Å². The number of methoxy groups -OCH3 is 1. The predicted octanol–water partition coefficient (Wildman–Crippen LogP) is 3.30. The molecule has 37 heavy (non-hydrogen) atoms. The molecule has 200 valence electrons. The molecule has 3 N–H and O–H groups in total. The molecule has 3 heterocycles. The van der Waals surface area contributed by atoms with Crippen LogP contribution in [0.1, 0.15) is 37.7 Å². The summed E-state index contributed by atoms with van der Waals surface area (Å²) < 4.78 is 17.7. The maximum Gasteiger partial charge on any atom is 0.224 e. The SMILES string of the molecule is COC1NC(C2=C3OCCOC3CCC2)=CC=C1Nc1ccc(CC(=O)NCC2CCN(C)CC2)cc1. The Morgan fingerprint density at radius 1 is 1.14 bits per heavy atom. The highest BCUT2D eigenvalue weighted by Gasteiger charge is 2.31. The molecule has 0 spiro atoms. The van der Waals surface area contributed by atoms with Crippen LogP contribution in [-0.4, -0.2) is 70.1 Å².